The van der Waals surface area contributed by atoms with Crippen LogP contribution >= 0.6 is 7.82 Å². The van der Waals surface area contributed by atoms with Crippen molar-refractivity contribution in [2.75, 3.05) is 19.8 Å². The zero-order valence-corrected chi connectivity index (χ0v) is 36.8. The van der Waals surface area contributed by atoms with Gasteiger partial charge in [0.05, 0.1) is 13.2 Å². The number of hydrogen-bond donors (Lipinski definition) is 3. The van der Waals surface area contributed by atoms with E-state index in [2.05, 4.69) is 91.3 Å². The van der Waals surface area contributed by atoms with Gasteiger partial charge in [-0.3, -0.25) is 23.4 Å². The number of unbranched alkanes of at least 4 members (excludes halogenated alkanes) is 14. The Labute approximate surface area is 350 Å². The molecule has 0 aliphatic heterocycles. The van der Waals surface area contributed by atoms with Crippen molar-refractivity contribution >= 4 is 25.7 Å². The second kappa shape index (κ2) is 40.7. The average Bonchev–Trinajstić information content (AvgIpc) is 3.20. The zero-order chi connectivity index (χ0) is 42.8. The van der Waals surface area contributed by atoms with Crippen molar-refractivity contribution in [3.8, 4) is 0 Å². The van der Waals surface area contributed by atoms with Gasteiger partial charge >= 0.3 is 25.7 Å². The number of ether oxygens (including phenoxy) is 2. The van der Waals surface area contributed by atoms with Crippen LogP contribution in [0.1, 0.15) is 168 Å². The Morgan fingerprint density at radius 2 is 0.966 bits per heavy atom. The molecule has 0 aromatic heterocycles. The van der Waals surface area contributed by atoms with Crippen molar-refractivity contribution in [2.45, 2.75) is 180 Å². The summed E-state index contributed by atoms with van der Waals surface area (Å²) in [5.74, 6) is -2.43. The molecule has 0 heterocycles. The van der Waals surface area contributed by atoms with Crippen LogP contribution in [0.5, 0.6) is 0 Å². The number of phosphoric ester groups is 1. The summed E-state index contributed by atoms with van der Waals surface area (Å²) in [6.07, 6.45) is 48.2. The summed E-state index contributed by atoms with van der Waals surface area (Å²) < 4.78 is 32.7. The van der Waals surface area contributed by atoms with Crippen molar-refractivity contribution in [2.24, 2.45) is 5.73 Å². The van der Waals surface area contributed by atoms with E-state index in [0.717, 1.165) is 77.0 Å². The fourth-order valence-electron chi connectivity index (χ4n) is 5.48. The predicted octanol–water partition coefficient (Wildman–Crippen LogP) is 11.7. The fraction of sp³-hybridized carbons (Fsp3) is 0.674. The second-order valence-electron chi connectivity index (χ2n) is 14.4. The first-order valence-corrected chi connectivity index (χ1v) is 23.5. The minimum atomic E-state index is -4.73. The molecule has 0 rings (SSSR count). The minimum absolute atomic E-state index is 0.148. The van der Waals surface area contributed by atoms with Gasteiger partial charge < -0.3 is 25.2 Å². The maximum Gasteiger partial charge on any atom is 0.472 e. The topological polar surface area (TPSA) is 172 Å². The number of carboxylic acids is 1. The lowest BCUT2D eigenvalue weighted by molar-refractivity contribution is -0.161. The molecule has 12 heteroatoms. The van der Waals surface area contributed by atoms with Gasteiger partial charge in [0.25, 0.3) is 0 Å². The van der Waals surface area contributed by atoms with Gasteiger partial charge in [-0.15, -0.1) is 0 Å². The van der Waals surface area contributed by atoms with Crippen molar-refractivity contribution in [1.82, 2.24) is 0 Å². The van der Waals surface area contributed by atoms with E-state index in [1.807, 2.05) is 0 Å². The normalized spacial score (nSPS) is 14.4. The number of aliphatic carboxylic acids is 1. The van der Waals surface area contributed by atoms with Gasteiger partial charge in [-0.2, -0.15) is 0 Å². The van der Waals surface area contributed by atoms with E-state index in [9.17, 15) is 23.8 Å². The smallest absolute Gasteiger partial charge is 0.472 e. The Morgan fingerprint density at radius 1 is 0.552 bits per heavy atom. The molecule has 332 valence electrons. The lowest BCUT2D eigenvalue weighted by Gasteiger charge is -2.20. The first kappa shape index (κ1) is 54.9. The molecule has 3 atom stereocenters. The number of esters is 2. The molecule has 0 aliphatic rings. The summed E-state index contributed by atoms with van der Waals surface area (Å²) in [4.78, 5) is 46.0. The highest BCUT2D eigenvalue weighted by molar-refractivity contribution is 7.47. The maximum atomic E-state index is 12.6. The Hall–Kier alpha value is -3.08. The van der Waals surface area contributed by atoms with Crippen molar-refractivity contribution < 1.29 is 47.5 Å². The molecule has 0 saturated carbocycles. The molecular formula is C46H78NO10P. The van der Waals surface area contributed by atoms with Crippen molar-refractivity contribution in [3.05, 3.63) is 72.9 Å². The number of rotatable bonds is 40. The molecule has 0 bridgehead atoms. The van der Waals surface area contributed by atoms with Crippen molar-refractivity contribution in [3.63, 3.8) is 0 Å². The first-order chi connectivity index (χ1) is 28.1. The SMILES string of the molecule is CC/C=C/C/C=C/C/C=C/C/C=C/C/C=C/CCCCCC(=O)OC[C@H](COP(=O)(O)OC[C@H](N)C(=O)O)OC(=O)CCCCCCCCCCC/C=C/CCCC. The highest BCUT2D eigenvalue weighted by Crippen LogP contribution is 2.43. The number of carbonyl (C=O) groups is 3. The highest BCUT2D eigenvalue weighted by Gasteiger charge is 2.28. The van der Waals surface area contributed by atoms with Crippen LogP contribution in [0.3, 0.4) is 0 Å². The van der Waals surface area contributed by atoms with Gasteiger partial charge in [0.15, 0.2) is 6.10 Å². The average molecular weight is 836 g/mol. The lowest BCUT2D eigenvalue weighted by Crippen LogP contribution is -2.34. The molecule has 0 aromatic carbocycles. The van der Waals surface area contributed by atoms with E-state index < -0.39 is 51.1 Å². The molecule has 0 saturated heterocycles. The summed E-state index contributed by atoms with van der Waals surface area (Å²) in [7, 11) is -4.73. The fourth-order valence-corrected chi connectivity index (χ4v) is 6.26. The Morgan fingerprint density at radius 3 is 1.48 bits per heavy atom. The number of carboxylic acid groups (broad SMARTS) is 1. The molecule has 58 heavy (non-hydrogen) atoms. The summed E-state index contributed by atoms with van der Waals surface area (Å²) in [6, 6.07) is -1.53. The van der Waals surface area contributed by atoms with E-state index in [1.54, 1.807) is 0 Å². The summed E-state index contributed by atoms with van der Waals surface area (Å²) in [6.45, 7) is 2.61. The number of hydrogen-bond acceptors (Lipinski definition) is 9. The number of allylic oxidation sites excluding steroid dienone is 12. The van der Waals surface area contributed by atoms with Crippen LogP contribution in [0.15, 0.2) is 72.9 Å². The molecule has 4 N–H and O–H groups in total. The quantitative estimate of drug-likeness (QED) is 0.0232. The molecule has 0 spiro atoms. The number of phosphoric acid groups is 1. The Bertz CT molecular complexity index is 1260. The van der Waals surface area contributed by atoms with E-state index in [4.69, 9.17) is 24.8 Å². The van der Waals surface area contributed by atoms with Crippen LogP contribution in [-0.2, 0) is 37.5 Å². The highest BCUT2D eigenvalue weighted by atomic mass is 31.2. The Balaban J connectivity index is 4.43. The van der Waals surface area contributed by atoms with Crippen LogP contribution in [0, 0.1) is 0 Å². The van der Waals surface area contributed by atoms with Crippen LogP contribution in [0.2, 0.25) is 0 Å². The van der Waals surface area contributed by atoms with Gasteiger partial charge in [-0.05, 0) is 77.0 Å². The van der Waals surface area contributed by atoms with Gasteiger partial charge in [0.2, 0.25) is 0 Å². The predicted molar refractivity (Wildman–Crippen MR) is 235 cm³/mol. The van der Waals surface area contributed by atoms with E-state index >= 15 is 0 Å². The van der Waals surface area contributed by atoms with Crippen LogP contribution in [-0.4, -0.2) is 59.9 Å². The van der Waals surface area contributed by atoms with E-state index in [-0.39, 0.29) is 19.4 Å². The van der Waals surface area contributed by atoms with Crippen molar-refractivity contribution in [1.29, 1.82) is 0 Å². The maximum absolute atomic E-state index is 12.6. The molecule has 1 unspecified atom stereocenters. The molecule has 0 radical (unpaired) electrons. The standard InChI is InChI=1S/C46H78NO10P/c1-3-5-7-9-11-13-15-17-19-20-21-22-24-25-27-29-31-33-35-37-44(48)54-39-42(40-55-58(52,53)56-41-43(47)46(50)51)57-45(49)38-36-34-32-30-28-26-23-18-16-14-12-10-8-6-4-2/h5,7,10-13,17,19,21-22,25,27,42-43H,3-4,6,8-9,14-16,18,20,23-24,26,28-41,47H2,1-2H3,(H,50,51)(H,52,53)/b7-5+,12-10+,13-11+,19-17+,22-21+,27-25+/t42-,43+/m1/s1. The molecule has 11 nitrogen and oxygen atoms in total. The molecule has 0 aromatic rings. The van der Waals surface area contributed by atoms with Crippen LogP contribution in [0.25, 0.3) is 0 Å². The van der Waals surface area contributed by atoms with Gasteiger partial charge in [-0.25, -0.2) is 4.57 Å². The third-order valence-electron chi connectivity index (χ3n) is 8.94. The Kier molecular flexibility index (Phi) is 38.5. The lowest BCUT2D eigenvalue weighted by atomic mass is 10.1. The molecular weight excluding hydrogens is 757 g/mol. The van der Waals surface area contributed by atoms with E-state index in [0.29, 0.717) is 12.8 Å². The zero-order valence-electron chi connectivity index (χ0n) is 35.9. The van der Waals surface area contributed by atoms with E-state index in [1.165, 1.54) is 51.4 Å². The number of carbonyl (C=O) groups excluding carboxylic acids is 2. The van der Waals surface area contributed by atoms with Gasteiger partial charge in [0, 0.05) is 12.8 Å². The summed E-state index contributed by atoms with van der Waals surface area (Å²) in [5, 5.41) is 8.89. The van der Waals surface area contributed by atoms with Gasteiger partial charge in [0.1, 0.15) is 12.6 Å². The van der Waals surface area contributed by atoms with Crippen LogP contribution < -0.4 is 5.73 Å². The monoisotopic (exact) mass is 836 g/mol. The minimum Gasteiger partial charge on any atom is -0.480 e. The first-order valence-electron chi connectivity index (χ1n) is 22.0. The largest absolute Gasteiger partial charge is 0.480 e. The number of nitrogens with two attached hydrogens (primary N) is 1. The summed E-state index contributed by atoms with van der Waals surface area (Å²) >= 11 is 0. The van der Waals surface area contributed by atoms with Crippen LogP contribution in [0.4, 0.5) is 0 Å². The third kappa shape index (κ3) is 39.7. The van der Waals surface area contributed by atoms with Gasteiger partial charge in [-0.1, -0.05) is 151 Å². The summed E-state index contributed by atoms with van der Waals surface area (Å²) in [5.41, 5.74) is 5.33. The molecule has 0 fully saturated rings. The third-order valence-corrected chi connectivity index (χ3v) is 9.89. The molecule has 0 aliphatic carbocycles. The molecule has 0 amide bonds. The second-order valence-corrected chi connectivity index (χ2v) is 15.9.